The summed E-state index contributed by atoms with van der Waals surface area (Å²) >= 11 is 0. The van der Waals surface area contributed by atoms with Gasteiger partial charge in [-0.3, -0.25) is 0 Å². The predicted octanol–water partition coefficient (Wildman–Crippen LogP) is 4.50. The fraction of sp³-hybridized carbons (Fsp3) is 0.444. The first-order chi connectivity index (χ1) is 9.33. The molecule has 1 nitrogen and oxygen atoms in total. The maximum Gasteiger partial charge on any atom is 0.0434 e. The molecule has 0 aliphatic heterocycles. The van der Waals surface area contributed by atoms with Gasteiger partial charge in [0.05, 0.1) is 0 Å². The van der Waals surface area contributed by atoms with Gasteiger partial charge in [-0.15, -0.1) is 0 Å². The minimum Gasteiger partial charge on any atom is -0.396 e. The predicted molar refractivity (Wildman–Crippen MR) is 82.6 cm³/mol. The van der Waals surface area contributed by atoms with Gasteiger partial charge in [0.15, 0.2) is 0 Å². The molecule has 2 aromatic carbocycles. The number of fused-ring (bicyclic) bond motifs is 1. The Kier molecular flexibility index (Phi) is 5.41. The third kappa shape index (κ3) is 4.07. The lowest BCUT2D eigenvalue weighted by molar-refractivity contribution is 0.288. The molecule has 0 aromatic heterocycles. The van der Waals surface area contributed by atoms with Crippen LogP contribution in [0, 0.1) is 0 Å². The first kappa shape index (κ1) is 14.1. The minimum atomic E-state index is 0.272. The zero-order chi connectivity index (χ0) is 13.5. The summed E-state index contributed by atoms with van der Waals surface area (Å²) in [5, 5.41) is 11.5. The summed E-state index contributed by atoms with van der Waals surface area (Å²) in [5.74, 6) is 0. The standard InChI is InChI=1S/C18H24O/c1-2-3-4-6-15-8-10-18-14-16(7-5-12-19)9-11-17(18)13-15/h8-11,13-14,19H,2-7,12H2,1H3. The zero-order valence-electron chi connectivity index (χ0n) is 11.9. The van der Waals surface area contributed by atoms with Gasteiger partial charge in [0.2, 0.25) is 0 Å². The van der Waals surface area contributed by atoms with Gasteiger partial charge in [-0.1, -0.05) is 56.2 Å². The Labute approximate surface area is 116 Å². The summed E-state index contributed by atoms with van der Waals surface area (Å²) in [6.07, 6.45) is 6.89. The molecule has 0 unspecified atom stereocenters. The third-order valence-electron chi connectivity index (χ3n) is 3.66. The topological polar surface area (TPSA) is 20.2 Å². The lowest BCUT2D eigenvalue weighted by Crippen LogP contribution is -1.90. The van der Waals surface area contributed by atoms with E-state index >= 15 is 0 Å². The van der Waals surface area contributed by atoms with E-state index < -0.39 is 0 Å². The van der Waals surface area contributed by atoms with Gasteiger partial charge in [0.25, 0.3) is 0 Å². The maximum absolute atomic E-state index is 8.88. The van der Waals surface area contributed by atoms with E-state index in [9.17, 15) is 0 Å². The van der Waals surface area contributed by atoms with Crippen molar-refractivity contribution in [1.82, 2.24) is 0 Å². The summed E-state index contributed by atoms with van der Waals surface area (Å²) in [6, 6.07) is 13.5. The van der Waals surface area contributed by atoms with Crippen LogP contribution < -0.4 is 0 Å². The molecule has 0 heterocycles. The highest BCUT2D eigenvalue weighted by atomic mass is 16.2. The molecule has 19 heavy (non-hydrogen) atoms. The van der Waals surface area contributed by atoms with Crippen molar-refractivity contribution in [1.29, 1.82) is 0 Å². The molecule has 1 N–H and O–H groups in total. The molecule has 0 fully saturated rings. The van der Waals surface area contributed by atoms with Crippen molar-refractivity contribution < 1.29 is 5.11 Å². The van der Waals surface area contributed by atoms with Crippen LogP contribution in [0.2, 0.25) is 0 Å². The molecule has 0 aliphatic rings. The normalized spacial score (nSPS) is 11.1. The van der Waals surface area contributed by atoms with Crippen molar-refractivity contribution in [3.63, 3.8) is 0 Å². The first-order valence-electron chi connectivity index (χ1n) is 7.46. The molecule has 0 saturated carbocycles. The fourth-order valence-corrected chi connectivity index (χ4v) is 2.52. The van der Waals surface area contributed by atoms with Crippen LogP contribution in [0.1, 0.15) is 43.7 Å². The number of aliphatic hydroxyl groups excluding tert-OH is 1. The van der Waals surface area contributed by atoms with E-state index in [4.69, 9.17) is 5.11 Å². The van der Waals surface area contributed by atoms with Crippen molar-refractivity contribution in [2.24, 2.45) is 0 Å². The summed E-state index contributed by atoms with van der Waals surface area (Å²) in [4.78, 5) is 0. The average Bonchev–Trinajstić information content (AvgIpc) is 2.45. The second-order valence-electron chi connectivity index (χ2n) is 5.30. The van der Waals surface area contributed by atoms with Gasteiger partial charge in [0, 0.05) is 6.61 Å². The Morgan fingerprint density at radius 2 is 1.37 bits per heavy atom. The molecular formula is C18H24O. The highest BCUT2D eigenvalue weighted by molar-refractivity contribution is 5.83. The van der Waals surface area contributed by atoms with Gasteiger partial charge in [-0.2, -0.15) is 0 Å². The van der Waals surface area contributed by atoms with E-state index in [0.29, 0.717) is 0 Å². The largest absolute Gasteiger partial charge is 0.396 e. The van der Waals surface area contributed by atoms with Crippen molar-refractivity contribution >= 4 is 10.8 Å². The summed E-state index contributed by atoms with van der Waals surface area (Å²) < 4.78 is 0. The SMILES string of the molecule is CCCCCc1ccc2cc(CCCO)ccc2c1. The Morgan fingerprint density at radius 1 is 0.789 bits per heavy atom. The van der Waals surface area contributed by atoms with Crippen LogP contribution in [-0.2, 0) is 12.8 Å². The van der Waals surface area contributed by atoms with Crippen LogP contribution in [0.3, 0.4) is 0 Å². The van der Waals surface area contributed by atoms with Crippen LogP contribution >= 0.6 is 0 Å². The molecular weight excluding hydrogens is 232 g/mol. The Balaban J connectivity index is 2.11. The molecule has 2 rings (SSSR count). The van der Waals surface area contributed by atoms with E-state index in [2.05, 4.69) is 43.3 Å². The number of aliphatic hydroxyl groups is 1. The second kappa shape index (κ2) is 7.30. The lowest BCUT2D eigenvalue weighted by atomic mass is 10.00. The molecule has 0 radical (unpaired) electrons. The number of aryl methyl sites for hydroxylation is 2. The number of rotatable bonds is 7. The van der Waals surface area contributed by atoms with Crippen LogP contribution in [-0.4, -0.2) is 11.7 Å². The summed E-state index contributed by atoms with van der Waals surface area (Å²) in [5.41, 5.74) is 2.77. The molecule has 1 heteroatoms. The number of hydrogen-bond donors (Lipinski definition) is 1. The molecule has 0 bridgehead atoms. The maximum atomic E-state index is 8.88. The zero-order valence-corrected chi connectivity index (χ0v) is 11.9. The summed E-state index contributed by atoms with van der Waals surface area (Å²) in [6.45, 7) is 2.52. The number of hydrogen-bond acceptors (Lipinski definition) is 1. The Hall–Kier alpha value is -1.34. The van der Waals surface area contributed by atoms with Gasteiger partial charge >= 0.3 is 0 Å². The second-order valence-corrected chi connectivity index (χ2v) is 5.30. The molecule has 102 valence electrons. The Morgan fingerprint density at radius 3 is 1.89 bits per heavy atom. The van der Waals surface area contributed by atoms with E-state index in [-0.39, 0.29) is 6.61 Å². The van der Waals surface area contributed by atoms with Crippen LogP contribution in [0.5, 0.6) is 0 Å². The smallest absolute Gasteiger partial charge is 0.0434 e. The van der Waals surface area contributed by atoms with Crippen molar-refractivity contribution in [2.45, 2.75) is 45.4 Å². The minimum absolute atomic E-state index is 0.272. The molecule has 0 spiro atoms. The van der Waals surface area contributed by atoms with Crippen molar-refractivity contribution in [3.05, 3.63) is 47.5 Å². The monoisotopic (exact) mass is 256 g/mol. The van der Waals surface area contributed by atoms with Gasteiger partial charge < -0.3 is 5.11 Å². The third-order valence-corrected chi connectivity index (χ3v) is 3.66. The van der Waals surface area contributed by atoms with Gasteiger partial charge in [0.1, 0.15) is 0 Å². The highest BCUT2D eigenvalue weighted by Gasteiger charge is 1.99. The first-order valence-corrected chi connectivity index (χ1v) is 7.46. The van der Waals surface area contributed by atoms with E-state index in [1.165, 1.54) is 47.6 Å². The molecule has 2 aromatic rings. The van der Waals surface area contributed by atoms with Gasteiger partial charge in [-0.25, -0.2) is 0 Å². The van der Waals surface area contributed by atoms with Crippen molar-refractivity contribution in [2.75, 3.05) is 6.61 Å². The molecule has 0 atom stereocenters. The quantitative estimate of drug-likeness (QED) is 0.723. The van der Waals surface area contributed by atoms with Crippen LogP contribution in [0.25, 0.3) is 10.8 Å². The average molecular weight is 256 g/mol. The number of benzene rings is 2. The fourth-order valence-electron chi connectivity index (χ4n) is 2.52. The Bertz CT molecular complexity index is 516. The van der Waals surface area contributed by atoms with E-state index in [0.717, 1.165) is 12.8 Å². The highest BCUT2D eigenvalue weighted by Crippen LogP contribution is 2.20. The summed E-state index contributed by atoms with van der Waals surface area (Å²) in [7, 11) is 0. The van der Waals surface area contributed by atoms with Crippen LogP contribution in [0.15, 0.2) is 36.4 Å². The number of unbranched alkanes of at least 4 members (excludes halogenated alkanes) is 2. The molecule has 0 saturated heterocycles. The van der Waals surface area contributed by atoms with E-state index in [1.54, 1.807) is 0 Å². The molecule has 0 aliphatic carbocycles. The van der Waals surface area contributed by atoms with Crippen molar-refractivity contribution in [3.8, 4) is 0 Å². The lowest BCUT2D eigenvalue weighted by Gasteiger charge is -2.06. The van der Waals surface area contributed by atoms with E-state index in [1.807, 2.05) is 0 Å². The van der Waals surface area contributed by atoms with Crippen LogP contribution in [0.4, 0.5) is 0 Å². The van der Waals surface area contributed by atoms with Gasteiger partial charge in [-0.05, 0) is 47.6 Å². The molecule has 0 amide bonds.